The average Bonchev–Trinajstić information content (AvgIpc) is 2.46. The van der Waals surface area contributed by atoms with E-state index in [4.69, 9.17) is 5.26 Å². The highest BCUT2D eigenvalue weighted by atomic mass is 16.2. The summed E-state index contributed by atoms with van der Waals surface area (Å²) < 4.78 is 0. The van der Waals surface area contributed by atoms with Gasteiger partial charge in [-0.3, -0.25) is 4.79 Å². The van der Waals surface area contributed by atoms with Gasteiger partial charge in [-0.05, 0) is 29.3 Å². The molecule has 0 aliphatic rings. The van der Waals surface area contributed by atoms with Crippen LogP contribution in [0.5, 0.6) is 0 Å². The van der Waals surface area contributed by atoms with Crippen molar-refractivity contribution in [3.8, 4) is 17.2 Å². The number of carbonyl (C=O) groups excluding carboxylic acids is 1. The normalized spacial score (nSPS) is 9.74. The Labute approximate surface area is 112 Å². The van der Waals surface area contributed by atoms with Crippen molar-refractivity contribution in [3.05, 3.63) is 59.7 Å². The monoisotopic (exact) mass is 250 g/mol. The van der Waals surface area contributed by atoms with E-state index in [0.717, 1.165) is 11.1 Å². The molecule has 0 spiro atoms. The van der Waals surface area contributed by atoms with Gasteiger partial charge in [-0.1, -0.05) is 30.3 Å². The number of hydrogen-bond donors (Lipinski definition) is 0. The number of benzene rings is 2. The summed E-state index contributed by atoms with van der Waals surface area (Å²) in [6.45, 7) is 0. The lowest BCUT2D eigenvalue weighted by Gasteiger charge is -2.11. The number of amides is 1. The van der Waals surface area contributed by atoms with E-state index in [1.54, 1.807) is 32.3 Å². The van der Waals surface area contributed by atoms with Gasteiger partial charge in [0.05, 0.1) is 11.6 Å². The van der Waals surface area contributed by atoms with Crippen LogP contribution in [0.15, 0.2) is 48.5 Å². The molecule has 2 rings (SSSR count). The first-order valence-electron chi connectivity index (χ1n) is 5.94. The first kappa shape index (κ1) is 12.8. The first-order valence-corrected chi connectivity index (χ1v) is 5.94. The highest BCUT2D eigenvalue weighted by Gasteiger charge is 2.09. The summed E-state index contributed by atoms with van der Waals surface area (Å²) in [7, 11) is 3.45. The van der Waals surface area contributed by atoms with Crippen LogP contribution in [0.1, 0.15) is 15.9 Å². The Bertz CT molecular complexity index is 637. The molecule has 0 heterocycles. The van der Waals surface area contributed by atoms with Gasteiger partial charge in [-0.2, -0.15) is 5.26 Å². The fraction of sp³-hybridized carbons (Fsp3) is 0.125. The van der Waals surface area contributed by atoms with E-state index >= 15 is 0 Å². The molecule has 0 atom stereocenters. The van der Waals surface area contributed by atoms with Crippen molar-refractivity contribution in [2.24, 2.45) is 0 Å². The lowest BCUT2D eigenvalue weighted by atomic mass is 9.99. The van der Waals surface area contributed by atoms with Crippen molar-refractivity contribution in [2.75, 3.05) is 14.1 Å². The number of rotatable bonds is 2. The van der Waals surface area contributed by atoms with Crippen molar-refractivity contribution in [1.29, 1.82) is 5.26 Å². The summed E-state index contributed by atoms with van der Waals surface area (Å²) >= 11 is 0. The van der Waals surface area contributed by atoms with E-state index in [0.29, 0.717) is 11.1 Å². The predicted molar refractivity (Wildman–Crippen MR) is 74.6 cm³/mol. The first-order chi connectivity index (χ1) is 9.13. The van der Waals surface area contributed by atoms with Gasteiger partial charge in [-0.25, -0.2) is 0 Å². The standard InChI is InChI=1S/C16H14N2O/c1-18(2)16(19)13-9-7-12(8-10-13)15-6-4-3-5-14(15)11-17/h3-10H,1-2H3. The van der Waals surface area contributed by atoms with Gasteiger partial charge in [0.25, 0.3) is 5.91 Å². The molecule has 0 aromatic heterocycles. The van der Waals surface area contributed by atoms with Gasteiger partial charge in [0.1, 0.15) is 0 Å². The zero-order valence-electron chi connectivity index (χ0n) is 10.9. The molecule has 3 nitrogen and oxygen atoms in total. The summed E-state index contributed by atoms with van der Waals surface area (Å²) in [5, 5.41) is 9.08. The van der Waals surface area contributed by atoms with Crippen LogP contribution in [0.4, 0.5) is 0 Å². The third-order valence-electron chi connectivity index (χ3n) is 2.90. The molecule has 0 bridgehead atoms. The summed E-state index contributed by atoms with van der Waals surface area (Å²) in [5.41, 5.74) is 3.10. The minimum atomic E-state index is -0.0277. The Morgan fingerprint density at radius 3 is 2.26 bits per heavy atom. The summed E-state index contributed by atoms with van der Waals surface area (Å²) in [4.78, 5) is 13.3. The second-order valence-electron chi connectivity index (χ2n) is 4.43. The zero-order valence-corrected chi connectivity index (χ0v) is 10.9. The summed E-state index contributed by atoms with van der Waals surface area (Å²) in [6, 6.07) is 16.9. The number of nitriles is 1. The zero-order chi connectivity index (χ0) is 13.8. The molecular weight excluding hydrogens is 236 g/mol. The van der Waals surface area contributed by atoms with Crippen molar-refractivity contribution in [2.45, 2.75) is 0 Å². The number of hydrogen-bond acceptors (Lipinski definition) is 2. The van der Waals surface area contributed by atoms with Crippen LogP contribution in [0, 0.1) is 11.3 Å². The van der Waals surface area contributed by atoms with Crippen LogP contribution in [-0.4, -0.2) is 24.9 Å². The van der Waals surface area contributed by atoms with Crippen LogP contribution in [-0.2, 0) is 0 Å². The SMILES string of the molecule is CN(C)C(=O)c1ccc(-c2ccccc2C#N)cc1. The van der Waals surface area contributed by atoms with Crippen molar-refractivity contribution in [1.82, 2.24) is 4.90 Å². The van der Waals surface area contributed by atoms with E-state index < -0.39 is 0 Å². The smallest absolute Gasteiger partial charge is 0.253 e. The van der Waals surface area contributed by atoms with E-state index in [2.05, 4.69) is 6.07 Å². The molecule has 94 valence electrons. The molecule has 19 heavy (non-hydrogen) atoms. The molecule has 0 radical (unpaired) electrons. The van der Waals surface area contributed by atoms with Crippen LogP contribution >= 0.6 is 0 Å². The minimum absolute atomic E-state index is 0.0277. The maximum Gasteiger partial charge on any atom is 0.253 e. The van der Waals surface area contributed by atoms with E-state index in [1.807, 2.05) is 30.3 Å². The number of nitrogens with zero attached hydrogens (tertiary/aromatic N) is 2. The lowest BCUT2D eigenvalue weighted by Crippen LogP contribution is -2.21. The van der Waals surface area contributed by atoms with E-state index in [-0.39, 0.29) is 5.91 Å². The van der Waals surface area contributed by atoms with Crippen LogP contribution < -0.4 is 0 Å². The third kappa shape index (κ3) is 2.63. The molecule has 0 aliphatic carbocycles. The van der Waals surface area contributed by atoms with Crippen molar-refractivity contribution >= 4 is 5.91 Å². The Balaban J connectivity index is 2.39. The van der Waals surface area contributed by atoms with E-state index in [9.17, 15) is 4.79 Å². The highest BCUT2D eigenvalue weighted by molar-refractivity contribution is 5.94. The lowest BCUT2D eigenvalue weighted by molar-refractivity contribution is 0.0827. The van der Waals surface area contributed by atoms with Crippen LogP contribution in [0.3, 0.4) is 0 Å². The van der Waals surface area contributed by atoms with Crippen molar-refractivity contribution in [3.63, 3.8) is 0 Å². The maximum absolute atomic E-state index is 11.8. The minimum Gasteiger partial charge on any atom is -0.345 e. The largest absolute Gasteiger partial charge is 0.345 e. The average molecular weight is 250 g/mol. The maximum atomic E-state index is 11.8. The second-order valence-corrected chi connectivity index (χ2v) is 4.43. The Morgan fingerprint density at radius 2 is 1.68 bits per heavy atom. The van der Waals surface area contributed by atoms with Gasteiger partial charge in [0, 0.05) is 19.7 Å². The molecule has 0 unspecified atom stereocenters. The molecular formula is C16H14N2O. The highest BCUT2D eigenvalue weighted by Crippen LogP contribution is 2.23. The molecule has 1 amide bonds. The molecule has 0 N–H and O–H groups in total. The van der Waals surface area contributed by atoms with Crippen LogP contribution in [0.2, 0.25) is 0 Å². The fourth-order valence-corrected chi connectivity index (χ4v) is 1.88. The Kier molecular flexibility index (Phi) is 3.63. The third-order valence-corrected chi connectivity index (χ3v) is 2.90. The van der Waals surface area contributed by atoms with Crippen molar-refractivity contribution < 1.29 is 4.79 Å². The quantitative estimate of drug-likeness (QED) is 0.822. The van der Waals surface area contributed by atoms with Gasteiger partial charge in [0.15, 0.2) is 0 Å². The molecule has 3 heteroatoms. The van der Waals surface area contributed by atoms with Crippen LogP contribution in [0.25, 0.3) is 11.1 Å². The predicted octanol–water partition coefficient (Wildman–Crippen LogP) is 2.93. The molecule has 0 saturated heterocycles. The Hall–Kier alpha value is -2.60. The Morgan fingerprint density at radius 1 is 1.05 bits per heavy atom. The van der Waals surface area contributed by atoms with E-state index in [1.165, 1.54) is 4.90 Å². The summed E-state index contributed by atoms with van der Waals surface area (Å²) in [6.07, 6.45) is 0. The molecule has 0 aliphatic heterocycles. The molecule has 2 aromatic carbocycles. The van der Waals surface area contributed by atoms with Gasteiger partial charge >= 0.3 is 0 Å². The fourth-order valence-electron chi connectivity index (χ4n) is 1.88. The topological polar surface area (TPSA) is 44.1 Å². The molecule has 2 aromatic rings. The van der Waals surface area contributed by atoms with Gasteiger partial charge in [-0.15, -0.1) is 0 Å². The molecule has 0 fully saturated rings. The molecule has 0 saturated carbocycles. The van der Waals surface area contributed by atoms with Gasteiger partial charge < -0.3 is 4.90 Å². The number of carbonyl (C=O) groups is 1. The van der Waals surface area contributed by atoms with Gasteiger partial charge in [0.2, 0.25) is 0 Å². The second kappa shape index (κ2) is 5.36. The summed E-state index contributed by atoms with van der Waals surface area (Å²) in [5.74, 6) is -0.0277.